The number of carbonyl (C=O) groups excluding carboxylic acids is 1. The Balaban J connectivity index is 2.09. The molecule has 0 spiro atoms. The average Bonchev–Trinajstić information content (AvgIpc) is 2.85. The fraction of sp³-hybridized carbons (Fsp3) is 0.200. The number of nitrogens with one attached hydrogen (secondary N) is 2. The van der Waals surface area contributed by atoms with Crippen LogP contribution in [0.15, 0.2) is 18.3 Å². The molecule has 10 heteroatoms. The van der Waals surface area contributed by atoms with Gasteiger partial charge in [0.2, 0.25) is 5.95 Å². The van der Waals surface area contributed by atoms with Crippen LogP contribution in [0, 0.1) is 0 Å². The molecule has 0 radical (unpaired) electrons. The van der Waals surface area contributed by atoms with Crippen LogP contribution in [0.3, 0.4) is 0 Å². The van der Waals surface area contributed by atoms with Gasteiger partial charge in [-0.2, -0.15) is 18.2 Å². The Bertz CT molecular complexity index is 608. The van der Waals surface area contributed by atoms with Crippen molar-refractivity contribution in [1.29, 1.82) is 0 Å². The number of hydrogen-bond donors (Lipinski definition) is 2. The van der Waals surface area contributed by atoms with Crippen molar-refractivity contribution < 1.29 is 22.7 Å². The molecule has 1 amide bonds. The van der Waals surface area contributed by atoms with E-state index in [1.165, 1.54) is 7.11 Å². The smallest absolute Gasteiger partial charge is 0.417 e. The van der Waals surface area contributed by atoms with Gasteiger partial charge in [0.15, 0.2) is 0 Å². The van der Waals surface area contributed by atoms with Gasteiger partial charge in [0.25, 0.3) is 5.91 Å². The van der Waals surface area contributed by atoms with E-state index in [1.807, 2.05) is 0 Å². The maximum absolute atomic E-state index is 12.3. The summed E-state index contributed by atoms with van der Waals surface area (Å²) in [6, 6.07) is 1.75. The number of carbonyl (C=O) groups is 1. The number of ether oxygens (including phenoxy) is 1. The van der Waals surface area contributed by atoms with Crippen molar-refractivity contribution in [2.24, 2.45) is 0 Å². The number of alkyl halides is 3. The van der Waals surface area contributed by atoms with Crippen LogP contribution >= 0.6 is 0 Å². The minimum absolute atomic E-state index is 0.00597. The van der Waals surface area contributed by atoms with E-state index in [0.29, 0.717) is 6.20 Å². The summed E-state index contributed by atoms with van der Waals surface area (Å²) < 4.78 is 41.7. The quantitative estimate of drug-likeness (QED) is 0.892. The summed E-state index contributed by atoms with van der Waals surface area (Å²) in [5.74, 6) is -0.730. The van der Waals surface area contributed by atoms with Crippen LogP contribution in [0.4, 0.5) is 19.1 Å². The van der Waals surface area contributed by atoms with Gasteiger partial charge >= 0.3 is 12.2 Å². The van der Waals surface area contributed by atoms with Crippen LogP contribution in [0.2, 0.25) is 0 Å². The third-order valence-electron chi connectivity index (χ3n) is 2.20. The Morgan fingerprint density at radius 2 is 2.15 bits per heavy atom. The molecule has 0 aliphatic heterocycles. The third kappa shape index (κ3) is 3.02. The zero-order chi connectivity index (χ0) is 14.8. The molecular formula is C10H8F3N5O2. The lowest BCUT2D eigenvalue weighted by molar-refractivity contribution is -0.137. The van der Waals surface area contributed by atoms with E-state index in [0.717, 1.165) is 12.1 Å². The number of methoxy groups -OCH3 is 1. The summed E-state index contributed by atoms with van der Waals surface area (Å²) in [5.41, 5.74) is -1.12. The molecule has 0 unspecified atom stereocenters. The van der Waals surface area contributed by atoms with E-state index < -0.39 is 17.6 Å². The van der Waals surface area contributed by atoms with E-state index in [1.54, 1.807) is 0 Å². The summed E-state index contributed by atoms with van der Waals surface area (Å²) >= 11 is 0. The molecule has 2 aromatic rings. The van der Waals surface area contributed by atoms with Gasteiger partial charge in [0, 0.05) is 6.20 Å². The zero-order valence-corrected chi connectivity index (χ0v) is 10.0. The molecule has 2 heterocycles. The molecule has 0 aliphatic rings. The molecule has 106 valence electrons. The Morgan fingerprint density at radius 1 is 1.40 bits per heavy atom. The second kappa shape index (κ2) is 5.15. The molecular weight excluding hydrogens is 279 g/mol. The molecule has 0 fully saturated rings. The number of halogens is 3. The fourth-order valence-electron chi connectivity index (χ4n) is 1.26. The second-order valence-electron chi connectivity index (χ2n) is 3.55. The van der Waals surface area contributed by atoms with E-state index in [4.69, 9.17) is 0 Å². The van der Waals surface area contributed by atoms with Crippen LogP contribution in [-0.4, -0.2) is 33.2 Å². The first-order valence-corrected chi connectivity index (χ1v) is 5.21. The van der Waals surface area contributed by atoms with Gasteiger partial charge in [-0.3, -0.25) is 15.1 Å². The molecule has 0 saturated carbocycles. The first-order chi connectivity index (χ1) is 9.40. The maximum Gasteiger partial charge on any atom is 0.417 e. The van der Waals surface area contributed by atoms with Gasteiger partial charge < -0.3 is 4.74 Å². The van der Waals surface area contributed by atoms with E-state index >= 15 is 0 Å². The Morgan fingerprint density at radius 3 is 2.65 bits per heavy atom. The van der Waals surface area contributed by atoms with Gasteiger partial charge in [-0.1, -0.05) is 0 Å². The van der Waals surface area contributed by atoms with Crippen molar-refractivity contribution >= 4 is 11.9 Å². The molecule has 7 nitrogen and oxygen atoms in total. The third-order valence-corrected chi connectivity index (χ3v) is 2.20. The Kier molecular flexibility index (Phi) is 3.55. The molecule has 0 atom stereocenters. The topological polar surface area (TPSA) is 92.8 Å². The summed E-state index contributed by atoms with van der Waals surface area (Å²) in [6.07, 6.45) is -3.92. The molecule has 0 aliphatic carbocycles. The van der Waals surface area contributed by atoms with E-state index in [9.17, 15) is 18.0 Å². The van der Waals surface area contributed by atoms with Gasteiger partial charge in [-0.15, -0.1) is 5.10 Å². The SMILES string of the molecule is COc1n[nH]c(NC(=O)c2ccc(C(F)(F)F)cn2)n1. The normalized spacial score (nSPS) is 11.2. The van der Waals surface area contributed by atoms with Crippen molar-refractivity contribution in [1.82, 2.24) is 20.2 Å². The Labute approximate surface area is 110 Å². The minimum Gasteiger partial charge on any atom is -0.466 e. The highest BCUT2D eigenvalue weighted by molar-refractivity contribution is 6.01. The van der Waals surface area contributed by atoms with Crippen molar-refractivity contribution in [3.8, 4) is 6.01 Å². The predicted octanol–water partition coefficient (Wildman–Crippen LogP) is 1.48. The number of nitrogens with zero attached hydrogens (tertiary/aromatic N) is 3. The van der Waals surface area contributed by atoms with Crippen molar-refractivity contribution in [3.63, 3.8) is 0 Å². The van der Waals surface area contributed by atoms with Gasteiger partial charge in [0.05, 0.1) is 12.7 Å². The molecule has 0 bridgehead atoms. The number of rotatable bonds is 3. The van der Waals surface area contributed by atoms with Gasteiger partial charge in [-0.25, -0.2) is 5.10 Å². The van der Waals surface area contributed by atoms with Crippen LogP contribution in [0.25, 0.3) is 0 Å². The zero-order valence-electron chi connectivity index (χ0n) is 10.0. The van der Waals surface area contributed by atoms with E-state index in [2.05, 4.69) is 30.2 Å². The first-order valence-electron chi connectivity index (χ1n) is 5.21. The van der Waals surface area contributed by atoms with Crippen molar-refractivity contribution in [3.05, 3.63) is 29.6 Å². The number of anilines is 1. The van der Waals surface area contributed by atoms with Crippen LogP contribution in [-0.2, 0) is 6.18 Å². The van der Waals surface area contributed by atoms with Crippen LogP contribution in [0.5, 0.6) is 6.01 Å². The average molecular weight is 287 g/mol. The minimum atomic E-state index is -4.50. The van der Waals surface area contributed by atoms with Crippen molar-refractivity contribution in [2.45, 2.75) is 6.18 Å². The molecule has 0 aromatic carbocycles. The van der Waals surface area contributed by atoms with Crippen molar-refractivity contribution in [2.75, 3.05) is 12.4 Å². The number of H-pyrrole nitrogens is 1. The monoisotopic (exact) mass is 287 g/mol. The molecule has 20 heavy (non-hydrogen) atoms. The van der Waals surface area contributed by atoms with Crippen LogP contribution < -0.4 is 10.1 Å². The van der Waals surface area contributed by atoms with Gasteiger partial charge in [0.1, 0.15) is 5.69 Å². The maximum atomic E-state index is 12.3. The predicted molar refractivity (Wildman–Crippen MR) is 60.1 cm³/mol. The summed E-state index contributed by atoms with van der Waals surface area (Å²) in [6.45, 7) is 0. The lowest BCUT2D eigenvalue weighted by atomic mass is 10.2. The first kappa shape index (κ1) is 13.8. The highest BCUT2D eigenvalue weighted by Crippen LogP contribution is 2.28. The van der Waals surface area contributed by atoms with Gasteiger partial charge in [-0.05, 0) is 12.1 Å². The number of hydrogen-bond acceptors (Lipinski definition) is 5. The lowest BCUT2D eigenvalue weighted by Crippen LogP contribution is -2.15. The number of aromatic nitrogens is 4. The number of aromatic amines is 1. The molecule has 2 aromatic heterocycles. The largest absolute Gasteiger partial charge is 0.466 e. The van der Waals surface area contributed by atoms with Crippen LogP contribution in [0.1, 0.15) is 16.1 Å². The lowest BCUT2D eigenvalue weighted by Gasteiger charge is -2.06. The highest BCUT2D eigenvalue weighted by atomic mass is 19.4. The summed E-state index contributed by atoms with van der Waals surface area (Å²) in [5, 5.41) is 8.23. The summed E-state index contributed by atoms with van der Waals surface area (Å²) in [4.78, 5) is 18.9. The van der Waals surface area contributed by atoms with E-state index in [-0.39, 0.29) is 17.7 Å². The molecule has 2 rings (SSSR count). The molecule has 0 saturated heterocycles. The highest BCUT2D eigenvalue weighted by Gasteiger charge is 2.30. The molecule has 2 N–H and O–H groups in total. The Hall–Kier alpha value is -2.65. The standard InChI is InChI=1S/C10H8F3N5O2/c1-20-9-16-8(17-18-9)15-7(19)6-3-2-5(4-14-6)10(11,12)13/h2-4H,1H3,(H2,15,16,17,18,19). The number of pyridine rings is 1. The fourth-order valence-corrected chi connectivity index (χ4v) is 1.26. The second-order valence-corrected chi connectivity index (χ2v) is 3.55. The summed E-state index contributed by atoms with van der Waals surface area (Å²) in [7, 11) is 1.34. The number of amides is 1.